The van der Waals surface area contributed by atoms with Gasteiger partial charge in [0.05, 0.1) is 5.69 Å². The molecule has 7 heteroatoms. The highest BCUT2D eigenvalue weighted by atomic mass is 35.5. The van der Waals surface area contributed by atoms with Gasteiger partial charge in [-0.25, -0.2) is 9.97 Å². The third-order valence-electron chi connectivity index (χ3n) is 2.17. The van der Waals surface area contributed by atoms with Crippen molar-refractivity contribution in [2.24, 2.45) is 0 Å². The Labute approximate surface area is 116 Å². The van der Waals surface area contributed by atoms with Crippen molar-refractivity contribution in [3.8, 4) is 11.3 Å². The molecule has 0 aliphatic rings. The quantitative estimate of drug-likeness (QED) is 0.497. The van der Waals surface area contributed by atoms with E-state index in [9.17, 15) is 8.76 Å². The fourth-order valence-corrected chi connectivity index (χ4v) is 2.35. The molecule has 0 saturated carbocycles. The first-order valence-corrected chi connectivity index (χ1v) is 6.90. The minimum absolute atomic E-state index is 0.0413. The highest BCUT2D eigenvalue weighted by molar-refractivity contribution is 7.78. The summed E-state index contributed by atoms with van der Waals surface area (Å²) in [5.41, 5.74) is 1.97. The van der Waals surface area contributed by atoms with Crippen LogP contribution in [0, 0.1) is 0 Å². The Bertz CT molecular complexity index is 587. The summed E-state index contributed by atoms with van der Waals surface area (Å²) in [6, 6.07) is 8.57. The molecule has 0 N–H and O–H groups in total. The Balaban J connectivity index is 2.41. The van der Waals surface area contributed by atoms with E-state index >= 15 is 0 Å². The molecular formula is C11H7Cl2N2O2S-. The number of benzene rings is 1. The van der Waals surface area contributed by atoms with Gasteiger partial charge in [0.15, 0.2) is 0 Å². The first-order valence-electron chi connectivity index (χ1n) is 4.90. The van der Waals surface area contributed by atoms with E-state index < -0.39 is 11.1 Å². The van der Waals surface area contributed by atoms with E-state index in [4.69, 9.17) is 23.2 Å². The van der Waals surface area contributed by atoms with E-state index in [1.807, 2.05) is 0 Å². The molecule has 0 aliphatic heterocycles. The average molecular weight is 302 g/mol. The Kier molecular flexibility index (Phi) is 4.29. The lowest BCUT2D eigenvalue weighted by atomic mass is 10.1. The molecule has 1 heterocycles. The molecule has 0 aliphatic carbocycles. The van der Waals surface area contributed by atoms with E-state index in [0.29, 0.717) is 11.3 Å². The van der Waals surface area contributed by atoms with Gasteiger partial charge in [0, 0.05) is 17.4 Å². The first kappa shape index (κ1) is 13.4. The normalized spacial score (nSPS) is 12.4. The maximum absolute atomic E-state index is 10.7. The van der Waals surface area contributed by atoms with E-state index in [-0.39, 0.29) is 16.2 Å². The molecule has 0 saturated heterocycles. The number of rotatable bonds is 3. The van der Waals surface area contributed by atoms with E-state index in [0.717, 1.165) is 5.56 Å². The van der Waals surface area contributed by atoms with Gasteiger partial charge in [-0.15, -0.1) is 0 Å². The van der Waals surface area contributed by atoms with Crippen molar-refractivity contribution < 1.29 is 8.76 Å². The highest BCUT2D eigenvalue weighted by Crippen LogP contribution is 2.22. The van der Waals surface area contributed by atoms with Gasteiger partial charge in [0.2, 0.25) is 5.28 Å². The predicted octanol–water partition coefficient (Wildman–Crippen LogP) is 2.83. The van der Waals surface area contributed by atoms with Crippen molar-refractivity contribution in [2.75, 3.05) is 0 Å². The van der Waals surface area contributed by atoms with Crippen molar-refractivity contribution in [1.82, 2.24) is 9.97 Å². The minimum Gasteiger partial charge on any atom is -0.772 e. The predicted molar refractivity (Wildman–Crippen MR) is 70.1 cm³/mol. The van der Waals surface area contributed by atoms with Crippen LogP contribution in [0.25, 0.3) is 11.3 Å². The van der Waals surface area contributed by atoms with E-state index in [1.165, 1.54) is 0 Å². The minimum atomic E-state index is -2.12. The lowest BCUT2D eigenvalue weighted by molar-refractivity contribution is 0.536. The lowest BCUT2D eigenvalue weighted by Gasteiger charge is -2.07. The van der Waals surface area contributed by atoms with Crippen molar-refractivity contribution >= 4 is 34.3 Å². The molecule has 0 bridgehead atoms. The van der Waals surface area contributed by atoms with Crippen molar-refractivity contribution in [2.45, 2.75) is 5.75 Å². The molecule has 2 rings (SSSR count). The van der Waals surface area contributed by atoms with Gasteiger partial charge in [-0.05, 0) is 23.2 Å². The summed E-state index contributed by atoms with van der Waals surface area (Å²) in [5, 5.41) is 0.290. The van der Waals surface area contributed by atoms with Crippen molar-refractivity contribution in [3.63, 3.8) is 0 Å². The lowest BCUT2D eigenvalue weighted by Crippen LogP contribution is -1.94. The standard InChI is InChI=1S/C11H8Cl2N2O2S/c12-10-5-9(14-11(13)15-10)8-3-1-2-7(4-8)6-18(16)17/h1-5H,6H2,(H,16,17)/p-1. The summed E-state index contributed by atoms with van der Waals surface area (Å²) < 4.78 is 21.3. The van der Waals surface area contributed by atoms with Gasteiger partial charge in [0.25, 0.3) is 0 Å². The van der Waals surface area contributed by atoms with Crippen LogP contribution in [0.3, 0.4) is 0 Å². The summed E-state index contributed by atoms with van der Waals surface area (Å²) >= 11 is 9.38. The molecular weight excluding hydrogens is 295 g/mol. The molecule has 4 nitrogen and oxygen atoms in total. The summed E-state index contributed by atoms with van der Waals surface area (Å²) in [5.74, 6) is -0.0413. The van der Waals surface area contributed by atoms with Crippen LogP contribution in [-0.2, 0) is 16.8 Å². The zero-order chi connectivity index (χ0) is 13.1. The maximum atomic E-state index is 10.7. The zero-order valence-corrected chi connectivity index (χ0v) is 11.3. The smallest absolute Gasteiger partial charge is 0.224 e. The van der Waals surface area contributed by atoms with Crippen molar-refractivity contribution in [1.29, 1.82) is 0 Å². The monoisotopic (exact) mass is 301 g/mol. The molecule has 1 aromatic carbocycles. The molecule has 1 unspecified atom stereocenters. The fourth-order valence-electron chi connectivity index (χ4n) is 1.49. The molecule has 94 valence electrons. The van der Waals surface area contributed by atoms with Crippen LogP contribution in [0.4, 0.5) is 0 Å². The van der Waals surface area contributed by atoms with Crippen LogP contribution in [0.5, 0.6) is 0 Å². The topological polar surface area (TPSA) is 65.9 Å². The maximum Gasteiger partial charge on any atom is 0.224 e. The average Bonchev–Trinajstić information content (AvgIpc) is 2.27. The van der Waals surface area contributed by atoms with Gasteiger partial charge in [0.1, 0.15) is 5.15 Å². The SMILES string of the molecule is O=S([O-])Cc1cccc(-c2cc(Cl)nc(Cl)n2)c1. The Morgan fingerprint density at radius 1 is 1.22 bits per heavy atom. The number of aromatic nitrogens is 2. The van der Waals surface area contributed by atoms with Gasteiger partial charge in [-0.3, -0.25) is 4.21 Å². The third-order valence-corrected chi connectivity index (χ3v) is 3.11. The van der Waals surface area contributed by atoms with Crippen LogP contribution in [0.1, 0.15) is 5.56 Å². The molecule has 2 aromatic rings. The Morgan fingerprint density at radius 3 is 2.67 bits per heavy atom. The van der Waals surface area contributed by atoms with E-state index in [1.54, 1.807) is 30.3 Å². The van der Waals surface area contributed by atoms with Crippen molar-refractivity contribution in [3.05, 3.63) is 46.3 Å². The number of nitrogens with zero attached hydrogens (tertiary/aromatic N) is 2. The van der Waals surface area contributed by atoms with Gasteiger partial charge in [-0.2, -0.15) is 0 Å². The van der Waals surface area contributed by atoms with Crippen LogP contribution in [0.2, 0.25) is 10.4 Å². The molecule has 18 heavy (non-hydrogen) atoms. The zero-order valence-electron chi connectivity index (χ0n) is 8.97. The summed E-state index contributed by atoms with van der Waals surface area (Å²) in [6.45, 7) is 0. The summed E-state index contributed by atoms with van der Waals surface area (Å²) in [6.07, 6.45) is 0. The molecule has 0 spiro atoms. The molecule has 0 radical (unpaired) electrons. The van der Waals surface area contributed by atoms with Gasteiger partial charge in [-0.1, -0.05) is 40.9 Å². The largest absolute Gasteiger partial charge is 0.772 e. The summed E-state index contributed by atoms with van der Waals surface area (Å²) in [4.78, 5) is 7.79. The second kappa shape index (κ2) is 5.75. The summed E-state index contributed by atoms with van der Waals surface area (Å²) in [7, 11) is 0. The van der Waals surface area contributed by atoms with Crippen LogP contribution in [-0.4, -0.2) is 18.7 Å². The molecule has 1 atom stereocenters. The molecule has 0 fully saturated rings. The van der Waals surface area contributed by atoms with Crippen LogP contribution >= 0.6 is 23.2 Å². The number of hydrogen-bond donors (Lipinski definition) is 0. The number of hydrogen-bond acceptors (Lipinski definition) is 4. The highest BCUT2D eigenvalue weighted by Gasteiger charge is 2.05. The Hall–Kier alpha value is -1.01. The molecule has 0 amide bonds. The second-order valence-electron chi connectivity index (χ2n) is 3.49. The van der Waals surface area contributed by atoms with Crippen LogP contribution in [0.15, 0.2) is 30.3 Å². The van der Waals surface area contributed by atoms with Gasteiger partial charge < -0.3 is 4.55 Å². The van der Waals surface area contributed by atoms with Gasteiger partial charge >= 0.3 is 0 Å². The van der Waals surface area contributed by atoms with E-state index in [2.05, 4.69) is 9.97 Å². The first-order chi connectivity index (χ1) is 8.54. The number of halogens is 2. The fraction of sp³-hybridized carbons (Fsp3) is 0.0909. The van der Waals surface area contributed by atoms with Crippen LogP contribution < -0.4 is 0 Å². The second-order valence-corrected chi connectivity index (χ2v) is 5.11. The molecule has 1 aromatic heterocycles. The third kappa shape index (κ3) is 3.49. The Morgan fingerprint density at radius 2 is 2.00 bits per heavy atom.